The molecule has 0 radical (unpaired) electrons. The maximum absolute atomic E-state index is 13.1. The first-order valence-corrected chi connectivity index (χ1v) is 11.4. The Hall–Kier alpha value is -3.68. The van der Waals surface area contributed by atoms with Crippen LogP contribution in [0.15, 0.2) is 84.4 Å². The second-order valence-corrected chi connectivity index (χ2v) is 8.33. The quantitative estimate of drug-likeness (QED) is 0.366. The lowest BCUT2D eigenvalue weighted by atomic mass is 9.93. The Morgan fingerprint density at radius 1 is 0.943 bits per heavy atom. The third-order valence-electron chi connectivity index (χ3n) is 5.81. The second-order valence-electron chi connectivity index (χ2n) is 8.33. The number of aliphatic carboxylic acids is 1. The first-order chi connectivity index (χ1) is 17.0. The number of carboxylic acids is 1. The minimum Gasteiger partial charge on any atom is -0.507 e. The number of halogens is 1. The fourth-order valence-electron chi connectivity index (χ4n) is 3.89. The van der Waals surface area contributed by atoms with Gasteiger partial charge in [0.05, 0.1) is 13.2 Å². The molecule has 4 rings (SSSR count). The van der Waals surface area contributed by atoms with Gasteiger partial charge in [0, 0.05) is 17.9 Å². The van der Waals surface area contributed by atoms with Crippen molar-refractivity contribution in [1.82, 2.24) is 0 Å². The summed E-state index contributed by atoms with van der Waals surface area (Å²) < 4.78 is 30.5. The van der Waals surface area contributed by atoms with Crippen LogP contribution < -0.4 is 4.74 Å². The lowest BCUT2D eigenvalue weighted by Gasteiger charge is -2.31. The lowest BCUT2D eigenvalue weighted by Crippen LogP contribution is -2.28. The van der Waals surface area contributed by atoms with Gasteiger partial charge in [0.1, 0.15) is 23.1 Å². The highest BCUT2D eigenvalue weighted by Gasteiger charge is 2.27. The molecule has 182 valence electrons. The molecule has 1 saturated heterocycles. The van der Waals surface area contributed by atoms with Crippen LogP contribution in [-0.2, 0) is 20.7 Å². The van der Waals surface area contributed by atoms with Crippen LogP contribution in [0.3, 0.4) is 0 Å². The lowest BCUT2D eigenvalue weighted by molar-refractivity contribution is -0.200. The van der Waals surface area contributed by atoms with E-state index in [4.69, 9.17) is 14.2 Å². The first-order valence-electron chi connectivity index (χ1n) is 11.4. The van der Waals surface area contributed by atoms with E-state index < -0.39 is 12.3 Å². The van der Waals surface area contributed by atoms with Gasteiger partial charge >= 0.3 is 5.97 Å². The number of phenolic OH excluding ortho intramolecular Hbond substituents is 1. The van der Waals surface area contributed by atoms with Crippen LogP contribution in [0.4, 0.5) is 4.39 Å². The zero-order valence-corrected chi connectivity index (χ0v) is 19.1. The van der Waals surface area contributed by atoms with Gasteiger partial charge in [-0.1, -0.05) is 42.0 Å². The van der Waals surface area contributed by atoms with E-state index >= 15 is 0 Å². The molecule has 1 aliphatic heterocycles. The number of ether oxygens (including phenoxy) is 3. The van der Waals surface area contributed by atoms with Crippen LogP contribution in [0.2, 0.25) is 0 Å². The van der Waals surface area contributed by atoms with Crippen molar-refractivity contribution in [3.63, 3.8) is 0 Å². The Balaban J connectivity index is 1.39. The van der Waals surface area contributed by atoms with Gasteiger partial charge in [0.15, 0.2) is 6.29 Å². The first kappa shape index (κ1) is 24.4. The summed E-state index contributed by atoms with van der Waals surface area (Å²) in [5, 5.41) is 19.2. The average Bonchev–Trinajstić information content (AvgIpc) is 2.87. The van der Waals surface area contributed by atoms with E-state index in [2.05, 4.69) is 0 Å². The molecule has 0 atom stereocenters. The maximum atomic E-state index is 13.1. The van der Waals surface area contributed by atoms with E-state index in [-0.39, 0.29) is 23.9 Å². The molecule has 2 N–H and O–H groups in total. The summed E-state index contributed by atoms with van der Waals surface area (Å²) in [6, 6.07) is 20.3. The summed E-state index contributed by atoms with van der Waals surface area (Å²) in [7, 11) is 0. The molecule has 0 amide bonds. The minimum atomic E-state index is -0.858. The smallest absolute Gasteiger partial charge is 0.303 e. The molecule has 0 aromatic heterocycles. The molecule has 3 aromatic carbocycles. The molecule has 0 unspecified atom stereocenters. The van der Waals surface area contributed by atoms with Gasteiger partial charge in [-0.05, 0) is 60.9 Å². The van der Waals surface area contributed by atoms with E-state index in [9.17, 15) is 19.4 Å². The van der Waals surface area contributed by atoms with E-state index in [1.165, 1.54) is 12.1 Å². The van der Waals surface area contributed by atoms with Gasteiger partial charge in [0.25, 0.3) is 0 Å². The Morgan fingerprint density at radius 2 is 1.57 bits per heavy atom. The van der Waals surface area contributed by atoms with Crippen molar-refractivity contribution in [1.29, 1.82) is 0 Å². The highest BCUT2D eigenvalue weighted by molar-refractivity contribution is 5.67. The maximum Gasteiger partial charge on any atom is 0.303 e. The molecule has 6 nitrogen and oxygen atoms in total. The highest BCUT2D eigenvalue weighted by Crippen LogP contribution is 2.33. The molecule has 35 heavy (non-hydrogen) atoms. The van der Waals surface area contributed by atoms with Crippen LogP contribution in [0.1, 0.15) is 30.3 Å². The third-order valence-corrected chi connectivity index (χ3v) is 5.81. The largest absolute Gasteiger partial charge is 0.507 e. The zero-order chi connectivity index (χ0) is 24.6. The number of benzene rings is 3. The van der Waals surface area contributed by atoms with Crippen LogP contribution in [0.5, 0.6) is 17.2 Å². The minimum absolute atomic E-state index is 0.0235. The molecular formula is C28H27FO6. The van der Waals surface area contributed by atoms with Crippen molar-refractivity contribution < 1.29 is 33.6 Å². The normalized spacial score (nSPS) is 18.3. The van der Waals surface area contributed by atoms with Gasteiger partial charge in [-0.25, -0.2) is 4.39 Å². The number of aromatic hydroxyl groups is 1. The molecule has 0 spiro atoms. The standard InChI is InChI=1S/C28H27FO6/c29-22-10-14-24(15-11-22)35-23-12-6-19(7-13-23)5-8-20(9-16-27(31)32)21-17-33-28(34-18-21)25-3-1-2-4-26(25)30/h1-4,6-8,10-15,21,28,30H,5,9,16-18H2,(H,31,32). The number of para-hydroxylation sites is 1. The molecule has 1 aliphatic rings. The summed E-state index contributed by atoms with van der Waals surface area (Å²) in [6.07, 6.45) is 2.43. The zero-order valence-electron chi connectivity index (χ0n) is 19.1. The number of allylic oxidation sites excluding steroid dienone is 1. The molecule has 1 fully saturated rings. The van der Waals surface area contributed by atoms with Crippen molar-refractivity contribution >= 4 is 5.97 Å². The molecule has 0 bridgehead atoms. The van der Waals surface area contributed by atoms with Gasteiger partial charge in [-0.2, -0.15) is 0 Å². The van der Waals surface area contributed by atoms with Crippen molar-refractivity contribution in [2.45, 2.75) is 25.6 Å². The summed E-state index contributed by atoms with van der Waals surface area (Å²) in [6.45, 7) is 0.740. The molecule has 3 aromatic rings. The van der Waals surface area contributed by atoms with Crippen molar-refractivity contribution in [2.75, 3.05) is 13.2 Å². The van der Waals surface area contributed by atoms with Crippen LogP contribution in [-0.4, -0.2) is 29.4 Å². The van der Waals surface area contributed by atoms with Crippen molar-refractivity contribution in [2.24, 2.45) is 5.92 Å². The molecular weight excluding hydrogens is 451 g/mol. The second kappa shape index (κ2) is 11.6. The van der Waals surface area contributed by atoms with Gasteiger partial charge in [-0.3, -0.25) is 4.79 Å². The number of hydrogen-bond donors (Lipinski definition) is 2. The number of hydrogen-bond acceptors (Lipinski definition) is 5. The number of rotatable bonds is 9. The Bertz CT molecular complexity index is 1150. The summed E-state index contributed by atoms with van der Waals surface area (Å²) in [5.41, 5.74) is 2.58. The summed E-state index contributed by atoms with van der Waals surface area (Å²) in [4.78, 5) is 11.2. The molecule has 0 saturated carbocycles. The highest BCUT2D eigenvalue weighted by atomic mass is 19.1. The Kier molecular flexibility index (Phi) is 8.13. The van der Waals surface area contributed by atoms with E-state index in [0.29, 0.717) is 43.1 Å². The fraction of sp³-hybridized carbons (Fsp3) is 0.250. The van der Waals surface area contributed by atoms with Crippen LogP contribution >= 0.6 is 0 Å². The third kappa shape index (κ3) is 6.91. The van der Waals surface area contributed by atoms with E-state index in [1.807, 2.05) is 36.4 Å². The number of carboxylic acid groups (broad SMARTS) is 1. The predicted molar refractivity (Wildman–Crippen MR) is 128 cm³/mol. The molecule has 7 heteroatoms. The van der Waals surface area contributed by atoms with Gasteiger partial charge < -0.3 is 24.4 Å². The summed E-state index contributed by atoms with van der Waals surface area (Å²) >= 11 is 0. The predicted octanol–water partition coefficient (Wildman–Crippen LogP) is 6.02. The Labute approximate surface area is 203 Å². The average molecular weight is 479 g/mol. The monoisotopic (exact) mass is 478 g/mol. The van der Waals surface area contributed by atoms with E-state index in [0.717, 1.165) is 11.1 Å². The van der Waals surface area contributed by atoms with Crippen molar-refractivity contribution in [3.05, 3.63) is 101 Å². The van der Waals surface area contributed by atoms with E-state index in [1.54, 1.807) is 30.3 Å². The molecule has 1 heterocycles. The Morgan fingerprint density at radius 3 is 2.20 bits per heavy atom. The summed E-state index contributed by atoms with van der Waals surface area (Å²) in [5.74, 6) is 0.0553. The number of carbonyl (C=O) groups is 1. The van der Waals surface area contributed by atoms with Crippen LogP contribution in [0.25, 0.3) is 0 Å². The number of phenols is 1. The molecule has 0 aliphatic carbocycles. The fourth-order valence-corrected chi connectivity index (χ4v) is 3.89. The van der Waals surface area contributed by atoms with Gasteiger partial charge in [-0.15, -0.1) is 0 Å². The van der Waals surface area contributed by atoms with Gasteiger partial charge in [0.2, 0.25) is 0 Å². The topological polar surface area (TPSA) is 85.2 Å². The van der Waals surface area contributed by atoms with Crippen LogP contribution in [0, 0.1) is 11.7 Å². The SMILES string of the molecule is O=C(O)CCC(=CCc1ccc(Oc2ccc(F)cc2)cc1)C1COC(c2ccccc2O)OC1. The van der Waals surface area contributed by atoms with Crippen molar-refractivity contribution in [3.8, 4) is 17.2 Å².